The zero-order valence-corrected chi connectivity index (χ0v) is 50.8. The summed E-state index contributed by atoms with van der Waals surface area (Å²) in [6.07, 6.45) is 78.2. The highest BCUT2D eigenvalue weighted by atomic mass is 16.6. The van der Waals surface area contributed by atoms with Crippen LogP contribution in [-0.4, -0.2) is 37.2 Å². The molecule has 0 aliphatic carbocycles. The Balaban J connectivity index is 3.90. The minimum Gasteiger partial charge on any atom is -0.462 e. The molecule has 6 nitrogen and oxygen atoms in total. The first-order valence-electron chi connectivity index (χ1n) is 33.8. The monoisotopic (exact) mass is 1050 g/mol. The van der Waals surface area contributed by atoms with Crippen molar-refractivity contribution in [1.82, 2.24) is 0 Å². The zero-order chi connectivity index (χ0) is 54.3. The third kappa shape index (κ3) is 62.6. The molecule has 0 fully saturated rings. The fourth-order valence-corrected chi connectivity index (χ4v) is 10.3. The van der Waals surface area contributed by atoms with Crippen molar-refractivity contribution in [3.63, 3.8) is 0 Å². The average Bonchev–Trinajstić information content (AvgIpc) is 3.41. The van der Waals surface area contributed by atoms with Gasteiger partial charge in [0.15, 0.2) is 6.10 Å². The van der Waals surface area contributed by atoms with Crippen molar-refractivity contribution in [3.05, 3.63) is 24.3 Å². The van der Waals surface area contributed by atoms with Gasteiger partial charge in [-0.2, -0.15) is 0 Å². The Labute approximate surface area is 468 Å². The van der Waals surface area contributed by atoms with Gasteiger partial charge in [0.05, 0.1) is 0 Å². The van der Waals surface area contributed by atoms with Crippen molar-refractivity contribution in [1.29, 1.82) is 0 Å². The van der Waals surface area contributed by atoms with Crippen LogP contribution in [0.15, 0.2) is 24.3 Å². The van der Waals surface area contributed by atoms with E-state index in [-0.39, 0.29) is 31.1 Å². The van der Waals surface area contributed by atoms with Crippen LogP contribution in [0, 0.1) is 0 Å². The van der Waals surface area contributed by atoms with E-state index in [0.717, 1.165) is 64.2 Å². The first kappa shape index (κ1) is 72.9. The number of hydrogen-bond donors (Lipinski definition) is 0. The van der Waals surface area contributed by atoms with Gasteiger partial charge in [-0.1, -0.05) is 315 Å². The molecule has 0 aromatic rings. The summed E-state index contributed by atoms with van der Waals surface area (Å²) in [5, 5.41) is 0. The molecule has 1 atom stereocenters. The number of ether oxygens (including phenoxy) is 3. The standard InChI is InChI=1S/C69H130O6/c1-4-7-10-13-16-18-20-22-24-25-26-27-28-29-30-31-32-33-34-35-36-37-38-39-40-41-42-43-45-46-48-50-53-56-59-62-68(71)74-65-66(64-73-67(70)61-58-55-52-15-12-9-6-3)75-69(72)63-60-57-54-51-49-47-44-23-21-19-17-14-11-8-5-2/h23,25-26,44,66H,4-22,24,27-43,45-65H2,1-3H3/b26-25-,44-23-. The van der Waals surface area contributed by atoms with Gasteiger partial charge in [0.1, 0.15) is 13.2 Å². The molecule has 0 radical (unpaired) electrons. The first-order valence-corrected chi connectivity index (χ1v) is 33.8. The molecular formula is C69H130O6. The summed E-state index contributed by atoms with van der Waals surface area (Å²) >= 11 is 0. The average molecular weight is 1060 g/mol. The van der Waals surface area contributed by atoms with Gasteiger partial charge in [-0.05, 0) is 70.6 Å². The van der Waals surface area contributed by atoms with Gasteiger partial charge < -0.3 is 14.2 Å². The lowest BCUT2D eigenvalue weighted by Gasteiger charge is -2.18. The molecule has 0 bridgehead atoms. The van der Waals surface area contributed by atoms with Crippen LogP contribution in [0.4, 0.5) is 0 Å². The second kappa shape index (κ2) is 64.4. The van der Waals surface area contributed by atoms with Gasteiger partial charge in [0, 0.05) is 19.3 Å². The molecule has 0 saturated carbocycles. The third-order valence-corrected chi connectivity index (χ3v) is 15.4. The minimum atomic E-state index is -0.769. The largest absolute Gasteiger partial charge is 0.462 e. The Morgan fingerprint density at radius 3 is 0.667 bits per heavy atom. The molecule has 0 aliphatic heterocycles. The molecule has 0 aromatic carbocycles. The lowest BCUT2D eigenvalue weighted by molar-refractivity contribution is -0.167. The lowest BCUT2D eigenvalue weighted by Crippen LogP contribution is -2.30. The van der Waals surface area contributed by atoms with Gasteiger partial charge in [0.2, 0.25) is 0 Å². The van der Waals surface area contributed by atoms with Gasteiger partial charge >= 0.3 is 17.9 Å². The van der Waals surface area contributed by atoms with Crippen LogP contribution in [0.5, 0.6) is 0 Å². The maximum absolute atomic E-state index is 12.8. The van der Waals surface area contributed by atoms with Crippen LogP contribution in [0.1, 0.15) is 380 Å². The fourth-order valence-electron chi connectivity index (χ4n) is 10.3. The Hall–Kier alpha value is -2.11. The molecule has 0 saturated heterocycles. The van der Waals surface area contributed by atoms with Crippen LogP contribution in [0.2, 0.25) is 0 Å². The second-order valence-electron chi connectivity index (χ2n) is 23.1. The summed E-state index contributed by atoms with van der Waals surface area (Å²) in [7, 11) is 0. The Bertz CT molecular complexity index is 1210. The fraction of sp³-hybridized carbons (Fsp3) is 0.899. The number of carbonyl (C=O) groups excluding carboxylic acids is 3. The van der Waals surface area contributed by atoms with Crippen molar-refractivity contribution in [3.8, 4) is 0 Å². The molecule has 0 aliphatic rings. The number of unbranched alkanes of at least 4 members (excludes halogenated alkanes) is 48. The molecule has 75 heavy (non-hydrogen) atoms. The van der Waals surface area contributed by atoms with Crippen molar-refractivity contribution in [2.24, 2.45) is 0 Å². The van der Waals surface area contributed by atoms with E-state index in [1.165, 1.54) is 276 Å². The number of hydrogen-bond acceptors (Lipinski definition) is 6. The van der Waals surface area contributed by atoms with Gasteiger partial charge in [0.25, 0.3) is 0 Å². The predicted octanol–water partition coefficient (Wildman–Crippen LogP) is 23.0. The zero-order valence-electron chi connectivity index (χ0n) is 50.8. The highest BCUT2D eigenvalue weighted by molar-refractivity contribution is 5.71. The molecule has 0 aromatic heterocycles. The lowest BCUT2D eigenvalue weighted by atomic mass is 10.0. The van der Waals surface area contributed by atoms with Crippen molar-refractivity contribution in [2.75, 3.05) is 13.2 Å². The van der Waals surface area contributed by atoms with E-state index in [4.69, 9.17) is 14.2 Å². The minimum absolute atomic E-state index is 0.0693. The SMILES string of the molecule is CCCCCCCC/C=C\CCCCCCCC(=O)OC(COC(=O)CCCCCCCCC)COC(=O)CCCCCCCCCCCCCCCCCCCCCCCCC/C=C\CCCCCCCCCC. The molecule has 0 N–H and O–H groups in total. The van der Waals surface area contributed by atoms with Crippen LogP contribution < -0.4 is 0 Å². The summed E-state index contributed by atoms with van der Waals surface area (Å²) in [4.78, 5) is 38.0. The molecule has 0 amide bonds. The second-order valence-corrected chi connectivity index (χ2v) is 23.1. The number of esters is 3. The predicted molar refractivity (Wildman–Crippen MR) is 326 cm³/mol. The van der Waals surface area contributed by atoms with E-state index in [1.807, 2.05) is 0 Å². The summed E-state index contributed by atoms with van der Waals surface area (Å²) in [6, 6.07) is 0. The summed E-state index contributed by atoms with van der Waals surface area (Å²) in [5.41, 5.74) is 0. The van der Waals surface area contributed by atoms with Gasteiger partial charge in [-0.3, -0.25) is 14.4 Å². The van der Waals surface area contributed by atoms with Gasteiger partial charge in [-0.25, -0.2) is 0 Å². The molecule has 0 rings (SSSR count). The first-order chi connectivity index (χ1) is 37.0. The maximum Gasteiger partial charge on any atom is 0.306 e. The van der Waals surface area contributed by atoms with E-state index >= 15 is 0 Å². The highest BCUT2D eigenvalue weighted by Crippen LogP contribution is 2.18. The van der Waals surface area contributed by atoms with Crippen LogP contribution >= 0.6 is 0 Å². The summed E-state index contributed by atoms with van der Waals surface area (Å²) < 4.78 is 16.8. The van der Waals surface area contributed by atoms with E-state index in [1.54, 1.807) is 0 Å². The Morgan fingerprint density at radius 2 is 0.440 bits per heavy atom. The number of carbonyl (C=O) groups is 3. The van der Waals surface area contributed by atoms with E-state index in [2.05, 4.69) is 45.1 Å². The number of rotatable bonds is 63. The number of allylic oxidation sites excluding steroid dienone is 4. The molecule has 442 valence electrons. The topological polar surface area (TPSA) is 78.9 Å². The molecule has 0 heterocycles. The van der Waals surface area contributed by atoms with Crippen molar-refractivity contribution < 1.29 is 28.6 Å². The van der Waals surface area contributed by atoms with Gasteiger partial charge in [-0.15, -0.1) is 0 Å². The molecule has 0 spiro atoms. The van der Waals surface area contributed by atoms with Crippen LogP contribution in [-0.2, 0) is 28.6 Å². The van der Waals surface area contributed by atoms with Crippen LogP contribution in [0.25, 0.3) is 0 Å². The third-order valence-electron chi connectivity index (χ3n) is 15.4. The highest BCUT2D eigenvalue weighted by Gasteiger charge is 2.19. The maximum atomic E-state index is 12.8. The molecule has 1 unspecified atom stereocenters. The van der Waals surface area contributed by atoms with Crippen molar-refractivity contribution in [2.45, 2.75) is 386 Å². The molecule has 6 heteroatoms. The Morgan fingerprint density at radius 1 is 0.253 bits per heavy atom. The summed E-state index contributed by atoms with van der Waals surface area (Å²) in [6.45, 7) is 6.64. The van der Waals surface area contributed by atoms with Crippen molar-refractivity contribution >= 4 is 17.9 Å². The van der Waals surface area contributed by atoms with Crippen LogP contribution in [0.3, 0.4) is 0 Å². The molecular weight excluding hydrogens is 925 g/mol. The van der Waals surface area contributed by atoms with E-state index in [9.17, 15) is 14.4 Å². The Kier molecular flexibility index (Phi) is 62.6. The normalized spacial score (nSPS) is 12.1. The quantitative estimate of drug-likeness (QED) is 0.0261. The smallest absolute Gasteiger partial charge is 0.306 e. The summed E-state index contributed by atoms with van der Waals surface area (Å²) in [5.74, 6) is -0.862. The van der Waals surface area contributed by atoms with E-state index in [0.29, 0.717) is 19.3 Å². The van der Waals surface area contributed by atoms with E-state index < -0.39 is 6.10 Å².